The van der Waals surface area contributed by atoms with Gasteiger partial charge in [0.2, 0.25) is 0 Å². The number of hydrogen-bond acceptors (Lipinski definition) is 2. The molecule has 4 rings (SSSR count). The van der Waals surface area contributed by atoms with Gasteiger partial charge in [0.1, 0.15) is 5.75 Å². The van der Waals surface area contributed by atoms with Gasteiger partial charge in [-0.3, -0.25) is 0 Å². The van der Waals surface area contributed by atoms with Crippen LogP contribution in [0.15, 0.2) is 60.7 Å². The lowest BCUT2D eigenvalue weighted by Crippen LogP contribution is -2.47. The van der Waals surface area contributed by atoms with Crippen LogP contribution in [0.5, 0.6) is 5.75 Å². The second-order valence-electron chi connectivity index (χ2n) is 8.76. The van der Waals surface area contributed by atoms with E-state index in [4.69, 9.17) is 4.74 Å². The standard InChI is InChI=1S/C25H25F3N2O2/c1-24(2)14-18(25(26,27)28)22(17-11-7-13-20(32-3)21(17)24)30-23(31)29-19-12-6-9-15-8-4-5-10-16(15)19/h4-13,18,22H,14H2,1-3H3,(H2,29,30,31). The van der Waals surface area contributed by atoms with Crippen LogP contribution >= 0.6 is 0 Å². The summed E-state index contributed by atoms with van der Waals surface area (Å²) in [6.45, 7) is 3.55. The van der Waals surface area contributed by atoms with Crippen molar-refractivity contribution < 1.29 is 22.7 Å². The summed E-state index contributed by atoms with van der Waals surface area (Å²) < 4.78 is 47.7. The molecule has 1 aliphatic carbocycles. The Kier molecular flexibility index (Phi) is 5.53. The number of nitrogens with one attached hydrogen (secondary N) is 2. The number of hydrogen-bond donors (Lipinski definition) is 2. The van der Waals surface area contributed by atoms with Crippen LogP contribution < -0.4 is 15.4 Å². The van der Waals surface area contributed by atoms with Crippen molar-refractivity contribution in [1.29, 1.82) is 0 Å². The number of alkyl halides is 3. The SMILES string of the molecule is COc1cccc2c1C(C)(C)CC(C(F)(F)F)C2NC(=O)Nc1cccc2ccccc12. The zero-order valence-corrected chi connectivity index (χ0v) is 18.1. The molecule has 2 amide bonds. The second-order valence-corrected chi connectivity index (χ2v) is 8.76. The Labute approximate surface area is 184 Å². The molecule has 32 heavy (non-hydrogen) atoms. The van der Waals surface area contributed by atoms with E-state index >= 15 is 0 Å². The molecule has 2 atom stereocenters. The molecule has 4 nitrogen and oxygen atoms in total. The van der Waals surface area contributed by atoms with Crippen LogP contribution in [0.25, 0.3) is 10.8 Å². The van der Waals surface area contributed by atoms with Gasteiger partial charge in [-0.05, 0) is 34.9 Å². The number of carbonyl (C=O) groups excluding carboxylic acids is 1. The molecule has 3 aromatic rings. The number of amides is 2. The Morgan fingerprint density at radius 3 is 2.44 bits per heavy atom. The summed E-state index contributed by atoms with van der Waals surface area (Å²) in [5.41, 5.74) is 0.882. The van der Waals surface area contributed by atoms with Gasteiger partial charge in [0.25, 0.3) is 0 Å². The Hall–Kier alpha value is -3.22. The second kappa shape index (κ2) is 8.04. The molecule has 2 N–H and O–H groups in total. The number of urea groups is 1. The molecule has 0 spiro atoms. The Morgan fingerprint density at radius 2 is 1.72 bits per heavy atom. The summed E-state index contributed by atoms with van der Waals surface area (Å²) in [6, 6.07) is 16.0. The Balaban J connectivity index is 1.71. The molecule has 168 valence electrons. The number of rotatable bonds is 3. The maximum Gasteiger partial charge on any atom is 0.394 e. The fourth-order valence-electron chi connectivity index (χ4n) is 4.81. The van der Waals surface area contributed by atoms with Crippen molar-refractivity contribution >= 4 is 22.5 Å². The Morgan fingerprint density at radius 1 is 1.03 bits per heavy atom. The highest BCUT2D eigenvalue weighted by atomic mass is 19.4. The van der Waals surface area contributed by atoms with Gasteiger partial charge in [-0.25, -0.2) is 4.79 Å². The van der Waals surface area contributed by atoms with E-state index in [9.17, 15) is 18.0 Å². The number of anilines is 1. The van der Waals surface area contributed by atoms with E-state index in [2.05, 4.69) is 10.6 Å². The third-order valence-electron chi connectivity index (χ3n) is 6.17. The van der Waals surface area contributed by atoms with Crippen LogP contribution in [0.2, 0.25) is 0 Å². The molecule has 0 aliphatic heterocycles. The highest BCUT2D eigenvalue weighted by Gasteiger charge is 2.53. The molecule has 0 bridgehead atoms. The number of benzene rings is 3. The van der Waals surface area contributed by atoms with Crippen LogP contribution in [-0.4, -0.2) is 19.3 Å². The summed E-state index contributed by atoms with van der Waals surface area (Å²) in [7, 11) is 1.50. The van der Waals surface area contributed by atoms with E-state index < -0.39 is 29.6 Å². The lowest BCUT2D eigenvalue weighted by molar-refractivity contribution is -0.190. The molecule has 0 radical (unpaired) electrons. The van der Waals surface area contributed by atoms with Gasteiger partial charge in [0.05, 0.1) is 24.8 Å². The summed E-state index contributed by atoms with van der Waals surface area (Å²) in [6.07, 6.45) is -4.64. The van der Waals surface area contributed by atoms with Crippen molar-refractivity contribution in [1.82, 2.24) is 5.32 Å². The lowest BCUT2D eigenvalue weighted by Gasteiger charge is -2.43. The number of methoxy groups -OCH3 is 1. The first-order valence-electron chi connectivity index (χ1n) is 10.4. The smallest absolute Gasteiger partial charge is 0.394 e. The highest BCUT2D eigenvalue weighted by Crippen LogP contribution is 2.53. The maximum atomic E-state index is 14.1. The van der Waals surface area contributed by atoms with Crippen LogP contribution in [-0.2, 0) is 5.41 Å². The van der Waals surface area contributed by atoms with Crippen LogP contribution in [0.4, 0.5) is 23.7 Å². The van der Waals surface area contributed by atoms with E-state index in [-0.39, 0.29) is 6.42 Å². The third kappa shape index (κ3) is 3.99. The lowest BCUT2D eigenvalue weighted by atomic mass is 9.65. The van der Waals surface area contributed by atoms with Gasteiger partial charge in [-0.2, -0.15) is 13.2 Å². The highest BCUT2D eigenvalue weighted by molar-refractivity contribution is 6.01. The number of halogens is 3. The minimum Gasteiger partial charge on any atom is -0.496 e. The van der Waals surface area contributed by atoms with E-state index in [1.807, 2.05) is 30.3 Å². The van der Waals surface area contributed by atoms with E-state index in [0.717, 1.165) is 10.8 Å². The molecule has 7 heteroatoms. The van der Waals surface area contributed by atoms with Crippen LogP contribution in [0.3, 0.4) is 0 Å². The van der Waals surface area contributed by atoms with Gasteiger partial charge in [0.15, 0.2) is 0 Å². The van der Waals surface area contributed by atoms with Gasteiger partial charge in [-0.15, -0.1) is 0 Å². The zero-order valence-electron chi connectivity index (χ0n) is 18.1. The van der Waals surface area contributed by atoms with Crippen molar-refractivity contribution in [3.63, 3.8) is 0 Å². The van der Waals surface area contributed by atoms with E-state index in [0.29, 0.717) is 22.6 Å². The predicted octanol–water partition coefficient (Wildman–Crippen LogP) is 6.57. The molecule has 0 saturated carbocycles. The first kappa shape index (κ1) is 22.0. The summed E-state index contributed by atoms with van der Waals surface area (Å²) in [4.78, 5) is 12.9. The maximum absolute atomic E-state index is 14.1. The zero-order chi connectivity index (χ0) is 23.1. The molecule has 0 saturated heterocycles. The van der Waals surface area contributed by atoms with Gasteiger partial charge in [0, 0.05) is 10.9 Å². The van der Waals surface area contributed by atoms with E-state index in [1.165, 1.54) is 7.11 Å². The monoisotopic (exact) mass is 442 g/mol. The largest absolute Gasteiger partial charge is 0.496 e. The van der Waals surface area contributed by atoms with Crippen LogP contribution in [0.1, 0.15) is 37.4 Å². The van der Waals surface area contributed by atoms with Crippen molar-refractivity contribution in [2.45, 2.75) is 37.9 Å². The molecule has 3 aromatic carbocycles. The van der Waals surface area contributed by atoms with E-state index in [1.54, 1.807) is 44.2 Å². The number of carbonyl (C=O) groups is 1. The topological polar surface area (TPSA) is 50.4 Å². The quantitative estimate of drug-likeness (QED) is 0.482. The van der Waals surface area contributed by atoms with Crippen molar-refractivity contribution in [3.8, 4) is 5.75 Å². The molecule has 0 heterocycles. The minimum absolute atomic E-state index is 0.164. The third-order valence-corrected chi connectivity index (χ3v) is 6.17. The normalized spacial score (nSPS) is 19.8. The fraction of sp³-hybridized carbons (Fsp3) is 0.320. The molecule has 2 unspecified atom stereocenters. The summed E-state index contributed by atoms with van der Waals surface area (Å²) in [5.74, 6) is -1.20. The van der Waals surface area contributed by atoms with Gasteiger partial charge in [-0.1, -0.05) is 62.4 Å². The average Bonchev–Trinajstić information content (AvgIpc) is 2.74. The first-order valence-corrected chi connectivity index (χ1v) is 10.4. The van der Waals surface area contributed by atoms with Gasteiger partial charge >= 0.3 is 12.2 Å². The minimum atomic E-state index is -4.48. The molecule has 0 aromatic heterocycles. The average molecular weight is 442 g/mol. The summed E-state index contributed by atoms with van der Waals surface area (Å²) >= 11 is 0. The summed E-state index contributed by atoms with van der Waals surface area (Å²) in [5, 5.41) is 7.08. The fourth-order valence-corrected chi connectivity index (χ4v) is 4.81. The first-order chi connectivity index (χ1) is 15.1. The van der Waals surface area contributed by atoms with Crippen molar-refractivity contribution in [2.24, 2.45) is 5.92 Å². The Bertz CT molecular complexity index is 1150. The van der Waals surface area contributed by atoms with Crippen molar-refractivity contribution in [2.75, 3.05) is 12.4 Å². The molecular formula is C25H25F3N2O2. The number of fused-ring (bicyclic) bond motifs is 2. The van der Waals surface area contributed by atoms with Crippen molar-refractivity contribution in [3.05, 3.63) is 71.8 Å². The molecule has 1 aliphatic rings. The predicted molar refractivity (Wildman–Crippen MR) is 119 cm³/mol. The van der Waals surface area contributed by atoms with Gasteiger partial charge < -0.3 is 15.4 Å². The number of ether oxygens (including phenoxy) is 1. The van der Waals surface area contributed by atoms with Crippen LogP contribution in [0, 0.1) is 5.92 Å². The molecule has 0 fully saturated rings. The molecular weight excluding hydrogens is 417 g/mol.